The minimum Gasteiger partial charge on any atom is -0.265 e. The van der Waals surface area contributed by atoms with E-state index in [4.69, 9.17) is 0 Å². The predicted molar refractivity (Wildman–Crippen MR) is 59.5 cm³/mol. The molecule has 0 aliphatic heterocycles. The van der Waals surface area contributed by atoms with Gasteiger partial charge in [0.05, 0.1) is 0 Å². The number of nitrogens with zero attached hydrogens (tertiary/aromatic N) is 1. The highest BCUT2D eigenvalue weighted by Crippen LogP contribution is 1.95. The average Bonchev–Trinajstić information content (AvgIpc) is 2.16. The van der Waals surface area contributed by atoms with Crippen LogP contribution in [0.3, 0.4) is 0 Å². The van der Waals surface area contributed by atoms with E-state index in [2.05, 4.69) is 31.3 Å². The van der Waals surface area contributed by atoms with Crippen molar-refractivity contribution in [3.8, 4) is 0 Å². The second-order valence-corrected chi connectivity index (χ2v) is 3.20. The van der Waals surface area contributed by atoms with Gasteiger partial charge in [0.15, 0.2) is 0 Å². The first-order chi connectivity index (χ1) is 6.41. The molecule has 0 aromatic rings. The van der Waals surface area contributed by atoms with E-state index in [9.17, 15) is 0 Å². The van der Waals surface area contributed by atoms with Crippen LogP contribution >= 0.6 is 0 Å². The van der Waals surface area contributed by atoms with Crippen LogP contribution in [0.2, 0.25) is 0 Å². The molecule has 1 radical (unpaired) electrons. The van der Waals surface area contributed by atoms with Crippen molar-refractivity contribution in [3.63, 3.8) is 0 Å². The molecule has 0 aliphatic rings. The number of hydrogen-bond acceptors (Lipinski definition) is 0. The molecule has 0 rings (SSSR count). The lowest BCUT2D eigenvalue weighted by Gasteiger charge is -1.89. The Balaban J connectivity index is 3.13. The van der Waals surface area contributed by atoms with E-state index in [1.54, 1.807) is 0 Å². The fourth-order valence-corrected chi connectivity index (χ4v) is 0.964. The smallest absolute Gasteiger partial charge is 0.0227 e. The fraction of sp³-hybridized carbons (Fsp3) is 0.667. The molecule has 0 heterocycles. The summed E-state index contributed by atoms with van der Waals surface area (Å²) in [6.07, 6.45) is 15.4. The largest absolute Gasteiger partial charge is 0.265 e. The van der Waals surface area contributed by atoms with Crippen molar-refractivity contribution in [3.05, 3.63) is 24.6 Å². The van der Waals surface area contributed by atoms with Crippen LogP contribution in [0, 0.1) is 0 Å². The highest BCUT2D eigenvalue weighted by Gasteiger charge is 1.78. The summed E-state index contributed by atoms with van der Waals surface area (Å²) in [5, 5.41) is 4.15. The minimum atomic E-state index is 1.16. The van der Waals surface area contributed by atoms with E-state index in [0.29, 0.717) is 0 Å². The van der Waals surface area contributed by atoms with Crippen LogP contribution in [0.15, 0.2) is 24.6 Å². The van der Waals surface area contributed by atoms with Crippen LogP contribution < -0.4 is 5.32 Å². The summed E-state index contributed by atoms with van der Waals surface area (Å²) in [4.78, 5) is 0. The van der Waals surface area contributed by atoms with Gasteiger partial charge in [0.1, 0.15) is 0 Å². The van der Waals surface area contributed by atoms with Gasteiger partial charge >= 0.3 is 0 Å². The molecule has 0 saturated carbocycles. The molecule has 0 N–H and O–H groups in total. The van der Waals surface area contributed by atoms with Gasteiger partial charge in [-0.1, -0.05) is 51.7 Å². The maximum absolute atomic E-state index is 4.15. The Kier molecular flexibility index (Phi) is 10.7. The second kappa shape index (κ2) is 11.3. The second-order valence-electron chi connectivity index (χ2n) is 3.20. The van der Waals surface area contributed by atoms with Gasteiger partial charge in [-0.3, -0.25) is 5.32 Å². The van der Waals surface area contributed by atoms with Crippen LogP contribution in [0.1, 0.15) is 52.4 Å². The van der Waals surface area contributed by atoms with E-state index in [1.165, 1.54) is 25.7 Å². The van der Waals surface area contributed by atoms with Crippen molar-refractivity contribution < 1.29 is 0 Å². The molecule has 0 spiro atoms. The van der Waals surface area contributed by atoms with Crippen LogP contribution in [0.5, 0.6) is 0 Å². The fourth-order valence-electron chi connectivity index (χ4n) is 0.964. The Morgan fingerprint density at radius 3 is 1.69 bits per heavy atom. The molecule has 0 aromatic carbocycles. The van der Waals surface area contributed by atoms with Gasteiger partial charge in [-0.05, 0) is 12.8 Å². The molecule has 0 fully saturated rings. The normalized spacial score (nSPS) is 11.5. The topological polar surface area (TPSA) is 14.1 Å². The van der Waals surface area contributed by atoms with Crippen LogP contribution in [-0.2, 0) is 0 Å². The van der Waals surface area contributed by atoms with Gasteiger partial charge in [0.2, 0.25) is 0 Å². The standard InChI is InChI=1S/C12H22N/c1-3-5-7-9-11-13-12-10-8-6-4-2/h9-12H,3-8H2,1-2H3. The third-order valence-corrected chi connectivity index (χ3v) is 1.83. The Morgan fingerprint density at radius 1 is 0.846 bits per heavy atom. The molecule has 13 heavy (non-hydrogen) atoms. The molecule has 0 amide bonds. The lowest BCUT2D eigenvalue weighted by atomic mass is 10.2. The Bertz CT molecular complexity index is 120. The number of allylic oxidation sites excluding steroid dienone is 2. The van der Waals surface area contributed by atoms with Gasteiger partial charge < -0.3 is 0 Å². The highest BCUT2D eigenvalue weighted by atomic mass is 14.8. The van der Waals surface area contributed by atoms with Crippen molar-refractivity contribution in [1.29, 1.82) is 0 Å². The molecule has 0 saturated heterocycles. The van der Waals surface area contributed by atoms with E-state index in [1.807, 2.05) is 12.4 Å². The van der Waals surface area contributed by atoms with Crippen molar-refractivity contribution in [2.24, 2.45) is 0 Å². The van der Waals surface area contributed by atoms with Crippen molar-refractivity contribution in [2.75, 3.05) is 0 Å². The van der Waals surface area contributed by atoms with Crippen molar-refractivity contribution >= 4 is 0 Å². The Hall–Kier alpha value is -0.720. The summed E-state index contributed by atoms with van der Waals surface area (Å²) in [5.41, 5.74) is 0. The van der Waals surface area contributed by atoms with Crippen LogP contribution in [-0.4, -0.2) is 0 Å². The number of rotatable bonds is 8. The van der Waals surface area contributed by atoms with E-state index in [0.717, 1.165) is 12.8 Å². The average molecular weight is 180 g/mol. The van der Waals surface area contributed by atoms with E-state index in [-0.39, 0.29) is 0 Å². The maximum atomic E-state index is 4.15. The predicted octanol–water partition coefficient (Wildman–Crippen LogP) is 4.00. The highest BCUT2D eigenvalue weighted by molar-refractivity contribution is 4.87. The summed E-state index contributed by atoms with van der Waals surface area (Å²) in [6, 6.07) is 0. The third kappa shape index (κ3) is 11.3. The summed E-state index contributed by atoms with van der Waals surface area (Å²) < 4.78 is 0. The molecule has 1 heteroatoms. The first-order valence-corrected chi connectivity index (χ1v) is 5.41. The van der Waals surface area contributed by atoms with E-state index >= 15 is 0 Å². The van der Waals surface area contributed by atoms with Gasteiger partial charge in [0.25, 0.3) is 0 Å². The number of hydrogen-bond donors (Lipinski definition) is 0. The molecule has 0 bridgehead atoms. The van der Waals surface area contributed by atoms with Crippen molar-refractivity contribution in [1.82, 2.24) is 5.32 Å². The van der Waals surface area contributed by atoms with Gasteiger partial charge in [0, 0.05) is 12.4 Å². The van der Waals surface area contributed by atoms with E-state index < -0.39 is 0 Å². The molecular weight excluding hydrogens is 158 g/mol. The van der Waals surface area contributed by atoms with Gasteiger partial charge in [-0.15, -0.1) is 0 Å². The Morgan fingerprint density at radius 2 is 1.31 bits per heavy atom. The summed E-state index contributed by atoms with van der Waals surface area (Å²) >= 11 is 0. The zero-order valence-corrected chi connectivity index (χ0v) is 9.00. The lowest BCUT2D eigenvalue weighted by molar-refractivity contribution is 0.807. The molecule has 1 nitrogen and oxygen atoms in total. The molecule has 0 unspecified atom stereocenters. The molecule has 0 atom stereocenters. The third-order valence-electron chi connectivity index (χ3n) is 1.83. The van der Waals surface area contributed by atoms with Crippen LogP contribution in [0.4, 0.5) is 0 Å². The summed E-state index contributed by atoms with van der Waals surface area (Å²) in [5.74, 6) is 0. The molecule has 75 valence electrons. The Labute approximate surface area is 82.9 Å². The van der Waals surface area contributed by atoms with Gasteiger partial charge in [-0.25, -0.2) is 0 Å². The quantitative estimate of drug-likeness (QED) is 0.501. The first-order valence-electron chi connectivity index (χ1n) is 5.41. The first kappa shape index (κ1) is 12.3. The van der Waals surface area contributed by atoms with Crippen molar-refractivity contribution in [2.45, 2.75) is 52.4 Å². The zero-order valence-electron chi connectivity index (χ0n) is 9.00. The molecule has 0 aliphatic carbocycles. The van der Waals surface area contributed by atoms with Gasteiger partial charge in [-0.2, -0.15) is 0 Å². The minimum absolute atomic E-state index is 1.16. The molecular formula is C12H22N. The SMILES string of the molecule is CCCCC=C[N]C=CCCCC. The summed E-state index contributed by atoms with van der Waals surface area (Å²) in [6.45, 7) is 4.41. The lowest BCUT2D eigenvalue weighted by Crippen LogP contribution is -1.81. The monoisotopic (exact) mass is 180 g/mol. The maximum Gasteiger partial charge on any atom is 0.0227 e. The number of unbranched alkanes of at least 4 members (excludes halogenated alkanes) is 4. The molecule has 0 aromatic heterocycles. The summed E-state index contributed by atoms with van der Waals surface area (Å²) in [7, 11) is 0. The van der Waals surface area contributed by atoms with Crippen LogP contribution in [0.25, 0.3) is 0 Å². The zero-order chi connectivity index (χ0) is 9.78.